The van der Waals surface area contributed by atoms with Crippen molar-refractivity contribution in [3.05, 3.63) is 47.8 Å². The SMILES string of the molecule is O=C(CCC1CCCCO1)NCc1cccc(-n2ccc(C(=O)O)n2)c1. The van der Waals surface area contributed by atoms with Crippen LogP contribution in [-0.4, -0.2) is 39.5 Å². The van der Waals surface area contributed by atoms with Crippen LogP contribution in [0, 0.1) is 0 Å². The predicted octanol–water partition coefficient (Wildman–Crippen LogP) is 2.54. The average molecular weight is 357 g/mol. The molecule has 7 heteroatoms. The molecule has 1 amide bonds. The average Bonchev–Trinajstić information content (AvgIpc) is 3.16. The molecule has 1 saturated heterocycles. The van der Waals surface area contributed by atoms with Crippen LogP contribution in [0.2, 0.25) is 0 Å². The number of carbonyl (C=O) groups is 2. The van der Waals surface area contributed by atoms with Crippen LogP contribution < -0.4 is 5.32 Å². The Balaban J connectivity index is 1.51. The van der Waals surface area contributed by atoms with Crippen molar-refractivity contribution in [2.24, 2.45) is 0 Å². The monoisotopic (exact) mass is 357 g/mol. The first-order chi connectivity index (χ1) is 12.6. The highest BCUT2D eigenvalue weighted by Crippen LogP contribution is 2.17. The second-order valence-electron chi connectivity index (χ2n) is 6.42. The summed E-state index contributed by atoms with van der Waals surface area (Å²) in [7, 11) is 0. The van der Waals surface area contributed by atoms with Gasteiger partial charge in [0.1, 0.15) is 0 Å². The molecule has 26 heavy (non-hydrogen) atoms. The molecule has 0 radical (unpaired) electrons. The second kappa shape index (κ2) is 8.62. The van der Waals surface area contributed by atoms with Crippen molar-refractivity contribution in [3.8, 4) is 5.69 Å². The van der Waals surface area contributed by atoms with E-state index in [-0.39, 0.29) is 17.7 Å². The maximum Gasteiger partial charge on any atom is 0.356 e. The normalized spacial score (nSPS) is 17.0. The minimum absolute atomic E-state index is 0.00589. The minimum atomic E-state index is -1.06. The quantitative estimate of drug-likeness (QED) is 0.794. The number of carbonyl (C=O) groups excluding carboxylic acids is 1. The molecule has 0 spiro atoms. The number of carboxylic acids is 1. The standard InChI is InChI=1S/C19H23N3O4/c23-18(8-7-16-6-1-2-11-26-16)20-13-14-4-3-5-15(12-14)22-10-9-17(21-22)19(24)25/h3-5,9-10,12,16H,1-2,6-8,11,13H2,(H,20,23)(H,24,25). The molecular weight excluding hydrogens is 334 g/mol. The Labute approximate surface area is 152 Å². The van der Waals surface area contributed by atoms with E-state index in [4.69, 9.17) is 9.84 Å². The van der Waals surface area contributed by atoms with Crippen LogP contribution in [-0.2, 0) is 16.1 Å². The van der Waals surface area contributed by atoms with Crippen molar-refractivity contribution in [1.82, 2.24) is 15.1 Å². The van der Waals surface area contributed by atoms with Gasteiger partial charge in [0.05, 0.1) is 11.8 Å². The topological polar surface area (TPSA) is 93.5 Å². The lowest BCUT2D eigenvalue weighted by Crippen LogP contribution is -2.26. The molecule has 1 aromatic carbocycles. The number of nitrogens with one attached hydrogen (secondary N) is 1. The Kier molecular flexibility index (Phi) is 6.01. The number of rotatable bonds is 7. The fourth-order valence-electron chi connectivity index (χ4n) is 3.01. The van der Waals surface area contributed by atoms with Gasteiger partial charge >= 0.3 is 5.97 Å². The van der Waals surface area contributed by atoms with E-state index in [1.54, 1.807) is 6.20 Å². The van der Waals surface area contributed by atoms with Crippen molar-refractivity contribution in [2.45, 2.75) is 44.8 Å². The zero-order valence-corrected chi connectivity index (χ0v) is 14.6. The van der Waals surface area contributed by atoms with Gasteiger partial charge in [-0.1, -0.05) is 12.1 Å². The summed E-state index contributed by atoms with van der Waals surface area (Å²) >= 11 is 0. The number of aromatic nitrogens is 2. The van der Waals surface area contributed by atoms with Crippen LogP contribution >= 0.6 is 0 Å². The summed E-state index contributed by atoms with van der Waals surface area (Å²) < 4.78 is 7.15. The summed E-state index contributed by atoms with van der Waals surface area (Å²) in [5.41, 5.74) is 1.67. The van der Waals surface area contributed by atoms with Crippen molar-refractivity contribution in [1.29, 1.82) is 0 Å². The minimum Gasteiger partial charge on any atom is -0.476 e. The molecule has 1 aromatic heterocycles. The number of hydrogen-bond donors (Lipinski definition) is 2. The van der Waals surface area contributed by atoms with Gasteiger partial charge in [0.25, 0.3) is 0 Å². The van der Waals surface area contributed by atoms with Crippen LogP contribution in [0.5, 0.6) is 0 Å². The molecule has 1 aliphatic rings. The number of hydrogen-bond acceptors (Lipinski definition) is 4. The zero-order chi connectivity index (χ0) is 18.4. The maximum atomic E-state index is 12.0. The molecule has 3 rings (SSSR count). The third kappa shape index (κ3) is 4.92. The van der Waals surface area contributed by atoms with Gasteiger partial charge in [0, 0.05) is 25.8 Å². The molecule has 0 saturated carbocycles. The number of benzene rings is 1. The van der Waals surface area contributed by atoms with Gasteiger partial charge in [-0.2, -0.15) is 5.10 Å². The molecule has 138 valence electrons. The third-order valence-corrected chi connectivity index (χ3v) is 4.44. The van der Waals surface area contributed by atoms with E-state index in [9.17, 15) is 9.59 Å². The molecule has 1 aliphatic heterocycles. The summed E-state index contributed by atoms with van der Waals surface area (Å²) in [6, 6.07) is 8.93. The molecule has 2 heterocycles. The third-order valence-electron chi connectivity index (χ3n) is 4.44. The molecule has 0 aliphatic carbocycles. The lowest BCUT2D eigenvalue weighted by Gasteiger charge is -2.22. The lowest BCUT2D eigenvalue weighted by molar-refractivity contribution is -0.122. The van der Waals surface area contributed by atoms with Crippen LogP contribution in [0.25, 0.3) is 5.69 Å². The molecule has 1 atom stereocenters. The summed E-state index contributed by atoms with van der Waals surface area (Å²) in [5, 5.41) is 15.9. The molecule has 1 unspecified atom stereocenters. The first-order valence-corrected chi connectivity index (χ1v) is 8.88. The number of aromatic carboxylic acids is 1. The molecular formula is C19H23N3O4. The molecule has 7 nitrogen and oxygen atoms in total. The van der Waals surface area contributed by atoms with Gasteiger partial charge in [-0.15, -0.1) is 0 Å². The first-order valence-electron chi connectivity index (χ1n) is 8.88. The fourth-order valence-corrected chi connectivity index (χ4v) is 3.01. The summed E-state index contributed by atoms with van der Waals surface area (Å²) in [5.74, 6) is -1.05. The Morgan fingerprint density at radius 2 is 2.19 bits per heavy atom. The van der Waals surface area contributed by atoms with Crippen molar-refractivity contribution < 1.29 is 19.4 Å². The van der Waals surface area contributed by atoms with Gasteiger partial charge in [-0.25, -0.2) is 9.48 Å². The Morgan fingerprint density at radius 1 is 1.31 bits per heavy atom. The van der Waals surface area contributed by atoms with Crippen LogP contribution in [0.1, 0.15) is 48.2 Å². The number of ether oxygens (including phenoxy) is 1. The number of amides is 1. The largest absolute Gasteiger partial charge is 0.476 e. The summed E-state index contributed by atoms with van der Waals surface area (Å²) in [6.07, 6.45) is 6.37. The van der Waals surface area contributed by atoms with Crippen molar-refractivity contribution in [3.63, 3.8) is 0 Å². The van der Waals surface area contributed by atoms with Crippen LogP contribution in [0.4, 0.5) is 0 Å². The van der Waals surface area contributed by atoms with Crippen molar-refractivity contribution >= 4 is 11.9 Å². The van der Waals surface area contributed by atoms with E-state index in [0.717, 1.165) is 37.1 Å². The van der Waals surface area contributed by atoms with E-state index in [0.29, 0.717) is 13.0 Å². The summed E-state index contributed by atoms with van der Waals surface area (Å²) in [6.45, 7) is 1.22. The van der Waals surface area contributed by atoms with E-state index < -0.39 is 5.97 Å². The van der Waals surface area contributed by atoms with E-state index in [1.807, 2.05) is 24.3 Å². The van der Waals surface area contributed by atoms with Gasteiger partial charge in [-0.3, -0.25) is 4.79 Å². The first kappa shape index (κ1) is 18.1. The van der Waals surface area contributed by atoms with Crippen LogP contribution in [0.3, 0.4) is 0 Å². The lowest BCUT2D eigenvalue weighted by atomic mass is 10.0. The zero-order valence-electron chi connectivity index (χ0n) is 14.6. The van der Waals surface area contributed by atoms with Gasteiger partial charge in [0.2, 0.25) is 5.91 Å². The van der Waals surface area contributed by atoms with Crippen LogP contribution in [0.15, 0.2) is 36.5 Å². The Morgan fingerprint density at radius 3 is 2.92 bits per heavy atom. The highest BCUT2D eigenvalue weighted by atomic mass is 16.5. The highest BCUT2D eigenvalue weighted by molar-refractivity contribution is 5.85. The van der Waals surface area contributed by atoms with E-state index in [2.05, 4.69) is 10.4 Å². The maximum absolute atomic E-state index is 12.0. The molecule has 2 aromatic rings. The summed E-state index contributed by atoms with van der Waals surface area (Å²) in [4.78, 5) is 23.0. The number of nitrogens with zero attached hydrogens (tertiary/aromatic N) is 2. The molecule has 1 fully saturated rings. The molecule has 2 N–H and O–H groups in total. The fraction of sp³-hybridized carbons (Fsp3) is 0.421. The Hall–Kier alpha value is -2.67. The smallest absolute Gasteiger partial charge is 0.356 e. The predicted molar refractivity (Wildman–Crippen MR) is 95.2 cm³/mol. The Bertz CT molecular complexity index is 766. The van der Waals surface area contributed by atoms with Crippen molar-refractivity contribution in [2.75, 3.05) is 6.61 Å². The van der Waals surface area contributed by atoms with E-state index in [1.165, 1.54) is 17.2 Å². The number of carboxylic acid groups (broad SMARTS) is 1. The van der Waals surface area contributed by atoms with E-state index >= 15 is 0 Å². The molecule has 0 bridgehead atoms. The highest BCUT2D eigenvalue weighted by Gasteiger charge is 2.15. The second-order valence-corrected chi connectivity index (χ2v) is 6.42. The van der Waals surface area contributed by atoms with Gasteiger partial charge in [-0.05, 0) is 49.4 Å². The van der Waals surface area contributed by atoms with Gasteiger partial charge in [0.15, 0.2) is 5.69 Å². The van der Waals surface area contributed by atoms with Gasteiger partial charge < -0.3 is 15.2 Å².